The zero-order valence-corrected chi connectivity index (χ0v) is 10.3. The Hall–Kier alpha value is -2.29. The van der Waals surface area contributed by atoms with Crippen molar-refractivity contribution in [3.05, 3.63) is 65.6 Å². The van der Waals surface area contributed by atoms with Crippen molar-refractivity contribution in [1.82, 2.24) is 9.38 Å². The largest absolute Gasteiger partial charge is 0.396 e. The molecule has 0 aliphatic rings. The van der Waals surface area contributed by atoms with E-state index in [1.807, 2.05) is 28.9 Å². The summed E-state index contributed by atoms with van der Waals surface area (Å²) in [5.74, 6) is 0. The summed E-state index contributed by atoms with van der Waals surface area (Å²) < 4.78 is 1.97. The molecule has 2 heterocycles. The third-order valence-electron chi connectivity index (χ3n) is 3.03. The molecule has 0 spiro atoms. The summed E-state index contributed by atoms with van der Waals surface area (Å²) in [7, 11) is 0. The SMILES string of the molecule is Cc1cccc(Cc2cn3cccc(N)c3n2)c1. The molecule has 2 aromatic heterocycles. The van der Waals surface area contributed by atoms with E-state index in [9.17, 15) is 0 Å². The van der Waals surface area contributed by atoms with Crippen molar-refractivity contribution in [3.8, 4) is 0 Å². The molecule has 3 heteroatoms. The molecule has 90 valence electrons. The number of imidazole rings is 1. The standard InChI is InChI=1S/C15H15N3/c1-11-4-2-5-12(8-11)9-13-10-18-7-3-6-14(16)15(18)17-13/h2-8,10H,9,16H2,1H3. The van der Waals surface area contributed by atoms with Crippen molar-refractivity contribution in [3.63, 3.8) is 0 Å². The average molecular weight is 237 g/mol. The minimum Gasteiger partial charge on any atom is -0.396 e. The minimum atomic E-state index is 0.716. The van der Waals surface area contributed by atoms with Crippen LogP contribution in [0.15, 0.2) is 48.8 Å². The Labute approximate surface area is 106 Å². The quantitative estimate of drug-likeness (QED) is 0.744. The van der Waals surface area contributed by atoms with E-state index < -0.39 is 0 Å². The predicted octanol–water partition coefficient (Wildman–Crippen LogP) is 2.82. The zero-order chi connectivity index (χ0) is 12.5. The third-order valence-corrected chi connectivity index (χ3v) is 3.03. The van der Waals surface area contributed by atoms with Gasteiger partial charge < -0.3 is 10.1 Å². The smallest absolute Gasteiger partial charge is 0.160 e. The normalized spacial score (nSPS) is 10.9. The van der Waals surface area contributed by atoms with Crippen LogP contribution in [0.4, 0.5) is 5.69 Å². The van der Waals surface area contributed by atoms with Crippen molar-refractivity contribution in [1.29, 1.82) is 0 Å². The topological polar surface area (TPSA) is 43.3 Å². The summed E-state index contributed by atoms with van der Waals surface area (Å²) in [5.41, 5.74) is 11.0. The minimum absolute atomic E-state index is 0.716. The summed E-state index contributed by atoms with van der Waals surface area (Å²) in [6.45, 7) is 2.10. The average Bonchev–Trinajstić information content (AvgIpc) is 2.73. The molecule has 0 saturated heterocycles. The lowest BCUT2D eigenvalue weighted by Crippen LogP contribution is -1.90. The highest BCUT2D eigenvalue weighted by atomic mass is 15.0. The van der Waals surface area contributed by atoms with Crippen LogP contribution in [0.3, 0.4) is 0 Å². The van der Waals surface area contributed by atoms with Crippen LogP contribution in [0.25, 0.3) is 5.65 Å². The number of fused-ring (bicyclic) bond motifs is 1. The Morgan fingerprint density at radius 2 is 2.11 bits per heavy atom. The summed E-state index contributed by atoms with van der Waals surface area (Å²) in [6.07, 6.45) is 4.84. The van der Waals surface area contributed by atoms with Crippen molar-refractivity contribution in [2.45, 2.75) is 13.3 Å². The molecule has 18 heavy (non-hydrogen) atoms. The maximum Gasteiger partial charge on any atom is 0.160 e. The second kappa shape index (κ2) is 4.18. The highest BCUT2D eigenvalue weighted by Crippen LogP contribution is 2.15. The van der Waals surface area contributed by atoms with Gasteiger partial charge in [0.25, 0.3) is 0 Å². The molecule has 0 saturated carbocycles. The Morgan fingerprint density at radius 1 is 1.22 bits per heavy atom. The van der Waals surface area contributed by atoms with Crippen LogP contribution in [0.2, 0.25) is 0 Å². The number of hydrogen-bond acceptors (Lipinski definition) is 2. The highest BCUT2D eigenvalue weighted by Gasteiger charge is 2.05. The van der Waals surface area contributed by atoms with Crippen LogP contribution in [0.5, 0.6) is 0 Å². The summed E-state index contributed by atoms with van der Waals surface area (Å²) in [5, 5.41) is 0. The zero-order valence-electron chi connectivity index (χ0n) is 10.3. The number of aromatic nitrogens is 2. The second-order valence-corrected chi connectivity index (χ2v) is 4.59. The van der Waals surface area contributed by atoms with Gasteiger partial charge in [-0.3, -0.25) is 0 Å². The van der Waals surface area contributed by atoms with Gasteiger partial charge in [-0.2, -0.15) is 0 Å². The van der Waals surface area contributed by atoms with Gasteiger partial charge in [-0.25, -0.2) is 4.98 Å². The van der Waals surface area contributed by atoms with Crippen LogP contribution in [0, 0.1) is 6.92 Å². The molecule has 3 aromatic rings. The maximum absolute atomic E-state index is 5.90. The van der Waals surface area contributed by atoms with Crippen LogP contribution in [0.1, 0.15) is 16.8 Å². The molecule has 0 radical (unpaired) electrons. The number of benzene rings is 1. The molecule has 2 N–H and O–H groups in total. The predicted molar refractivity (Wildman–Crippen MR) is 73.6 cm³/mol. The van der Waals surface area contributed by atoms with Crippen molar-refractivity contribution >= 4 is 11.3 Å². The Balaban J connectivity index is 1.98. The molecule has 1 aromatic carbocycles. The first-order valence-corrected chi connectivity index (χ1v) is 6.00. The van der Waals surface area contributed by atoms with Gasteiger partial charge in [0.2, 0.25) is 0 Å². The first-order valence-electron chi connectivity index (χ1n) is 6.00. The van der Waals surface area contributed by atoms with E-state index in [0.717, 1.165) is 17.8 Å². The lowest BCUT2D eigenvalue weighted by molar-refractivity contribution is 1.11. The Kier molecular flexibility index (Phi) is 2.52. The van der Waals surface area contributed by atoms with Gasteiger partial charge in [0.1, 0.15) is 0 Å². The first-order chi connectivity index (χ1) is 8.72. The van der Waals surface area contributed by atoms with Gasteiger partial charge in [-0.05, 0) is 24.6 Å². The number of aryl methyl sites for hydroxylation is 1. The number of hydrogen-bond donors (Lipinski definition) is 1. The first kappa shape index (κ1) is 10.8. The van der Waals surface area contributed by atoms with Crippen LogP contribution >= 0.6 is 0 Å². The fraction of sp³-hybridized carbons (Fsp3) is 0.133. The second-order valence-electron chi connectivity index (χ2n) is 4.59. The van der Waals surface area contributed by atoms with Gasteiger partial charge in [0, 0.05) is 18.8 Å². The maximum atomic E-state index is 5.90. The van der Waals surface area contributed by atoms with Gasteiger partial charge in [-0.15, -0.1) is 0 Å². The Morgan fingerprint density at radius 3 is 2.89 bits per heavy atom. The van der Waals surface area contributed by atoms with Crippen LogP contribution in [-0.4, -0.2) is 9.38 Å². The fourth-order valence-corrected chi connectivity index (χ4v) is 2.20. The van der Waals surface area contributed by atoms with E-state index >= 15 is 0 Å². The molecule has 0 atom stereocenters. The third kappa shape index (κ3) is 1.95. The lowest BCUT2D eigenvalue weighted by atomic mass is 10.1. The fourth-order valence-electron chi connectivity index (χ4n) is 2.20. The van der Waals surface area contributed by atoms with E-state index in [1.165, 1.54) is 11.1 Å². The summed E-state index contributed by atoms with van der Waals surface area (Å²) in [4.78, 5) is 4.58. The van der Waals surface area contributed by atoms with Gasteiger partial charge in [0.15, 0.2) is 5.65 Å². The van der Waals surface area contributed by atoms with Crippen LogP contribution in [-0.2, 0) is 6.42 Å². The molecule has 0 unspecified atom stereocenters. The van der Waals surface area contributed by atoms with Gasteiger partial charge in [-0.1, -0.05) is 29.8 Å². The Bertz CT molecular complexity index is 698. The number of anilines is 1. The van der Waals surface area contributed by atoms with Crippen molar-refractivity contribution in [2.75, 3.05) is 5.73 Å². The monoisotopic (exact) mass is 237 g/mol. The van der Waals surface area contributed by atoms with E-state index in [1.54, 1.807) is 0 Å². The van der Waals surface area contributed by atoms with E-state index in [4.69, 9.17) is 5.73 Å². The number of nitrogen functional groups attached to an aromatic ring is 1. The molecular formula is C15H15N3. The molecule has 3 rings (SSSR count). The molecule has 0 bridgehead atoms. The van der Waals surface area contributed by atoms with Crippen molar-refractivity contribution in [2.24, 2.45) is 0 Å². The summed E-state index contributed by atoms with van der Waals surface area (Å²) in [6, 6.07) is 12.3. The van der Waals surface area contributed by atoms with E-state index in [2.05, 4.69) is 36.2 Å². The molecule has 3 nitrogen and oxygen atoms in total. The lowest BCUT2D eigenvalue weighted by Gasteiger charge is -1.99. The van der Waals surface area contributed by atoms with E-state index in [-0.39, 0.29) is 0 Å². The number of nitrogens with two attached hydrogens (primary N) is 1. The molecule has 0 fully saturated rings. The van der Waals surface area contributed by atoms with Gasteiger partial charge in [0.05, 0.1) is 11.4 Å². The molecular weight excluding hydrogens is 222 g/mol. The van der Waals surface area contributed by atoms with E-state index in [0.29, 0.717) is 5.69 Å². The molecule has 0 aliphatic heterocycles. The van der Waals surface area contributed by atoms with Crippen molar-refractivity contribution < 1.29 is 0 Å². The molecule has 0 aliphatic carbocycles. The molecule has 0 amide bonds. The number of pyridine rings is 1. The summed E-state index contributed by atoms with van der Waals surface area (Å²) >= 11 is 0. The van der Waals surface area contributed by atoms with Gasteiger partial charge >= 0.3 is 0 Å². The van der Waals surface area contributed by atoms with Crippen LogP contribution < -0.4 is 5.73 Å². The highest BCUT2D eigenvalue weighted by molar-refractivity contribution is 5.64. The number of rotatable bonds is 2. The number of nitrogens with zero attached hydrogens (tertiary/aromatic N) is 2.